The van der Waals surface area contributed by atoms with Gasteiger partial charge in [0.1, 0.15) is 12.4 Å². The maximum Gasteiger partial charge on any atom is 0.256 e. The molecule has 0 spiro atoms. The fourth-order valence-electron chi connectivity index (χ4n) is 3.83. The van der Waals surface area contributed by atoms with Crippen LogP contribution in [0.3, 0.4) is 0 Å². The van der Waals surface area contributed by atoms with Gasteiger partial charge in [0, 0.05) is 37.2 Å². The van der Waals surface area contributed by atoms with Gasteiger partial charge in [-0.15, -0.1) is 0 Å². The van der Waals surface area contributed by atoms with E-state index in [1.165, 1.54) is 7.11 Å². The summed E-state index contributed by atoms with van der Waals surface area (Å²) in [5.41, 5.74) is 2.06. The fraction of sp³-hybridized carbons (Fsp3) is 0.318. The number of pyridine rings is 1. The number of amides is 2. The van der Waals surface area contributed by atoms with E-state index in [9.17, 15) is 9.59 Å². The molecule has 2 atom stereocenters. The Labute approximate surface area is 179 Å². The van der Waals surface area contributed by atoms with Crippen LogP contribution in [0.2, 0.25) is 0 Å². The van der Waals surface area contributed by atoms with E-state index in [0.29, 0.717) is 35.9 Å². The molecule has 1 fully saturated rings. The van der Waals surface area contributed by atoms with E-state index in [1.54, 1.807) is 30.2 Å². The molecule has 0 unspecified atom stereocenters. The third-order valence-corrected chi connectivity index (χ3v) is 5.29. The highest BCUT2D eigenvalue weighted by Gasteiger charge is 2.39. The number of hydrogen-bond donors (Lipinski definition) is 2. The number of carbonyl (C=O) groups excluding carboxylic acids is 2. The Morgan fingerprint density at radius 2 is 2.03 bits per heavy atom. The standard InChI is InChI=1S/C22H24N6O3/c1-14-17(9-6-10-23-14)22(30)28-12-16(24-19(29)13-31-2)11-18(28)21-25-20(26-27-21)15-7-4-3-5-8-15/h3-10,16,18H,11-13H2,1-2H3,(H,24,29)(H,25,26,27)/t16-,18-/m0/s1. The Hall–Kier alpha value is -3.59. The van der Waals surface area contributed by atoms with Gasteiger partial charge in [-0.25, -0.2) is 4.98 Å². The van der Waals surface area contributed by atoms with Gasteiger partial charge in [-0.1, -0.05) is 30.3 Å². The van der Waals surface area contributed by atoms with Gasteiger partial charge in [-0.2, -0.15) is 5.10 Å². The van der Waals surface area contributed by atoms with Crippen LogP contribution in [-0.2, 0) is 9.53 Å². The number of H-pyrrole nitrogens is 1. The number of aryl methyl sites for hydroxylation is 1. The van der Waals surface area contributed by atoms with Crippen LogP contribution in [-0.4, -0.2) is 63.2 Å². The maximum atomic E-state index is 13.4. The monoisotopic (exact) mass is 420 g/mol. The van der Waals surface area contributed by atoms with E-state index in [2.05, 4.69) is 25.5 Å². The quantitative estimate of drug-likeness (QED) is 0.630. The van der Waals surface area contributed by atoms with Crippen LogP contribution in [0.1, 0.15) is 34.3 Å². The summed E-state index contributed by atoms with van der Waals surface area (Å²) >= 11 is 0. The van der Waals surface area contributed by atoms with Crippen molar-refractivity contribution in [1.29, 1.82) is 0 Å². The molecule has 1 saturated heterocycles. The Bertz CT molecular complexity index is 1070. The van der Waals surface area contributed by atoms with E-state index >= 15 is 0 Å². The van der Waals surface area contributed by atoms with Gasteiger partial charge >= 0.3 is 0 Å². The topological polar surface area (TPSA) is 113 Å². The van der Waals surface area contributed by atoms with Crippen molar-refractivity contribution >= 4 is 11.8 Å². The molecule has 4 rings (SSSR count). The summed E-state index contributed by atoms with van der Waals surface area (Å²) in [4.78, 5) is 36.0. The van der Waals surface area contributed by atoms with Crippen molar-refractivity contribution in [1.82, 2.24) is 30.4 Å². The summed E-state index contributed by atoms with van der Waals surface area (Å²) in [6.45, 7) is 2.13. The molecular formula is C22H24N6O3. The van der Waals surface area contributed by atoms with Crippen LogP contribution in [0.5, 0.6) is 0 Å². The Balaban J connectivity index is 1.62. The van der Waals surface area contributed by atoms with Crippen LogP contribution < -0.4 is 5.32 Å². The van der Waals surface area contributed by atoms with Gasteiger partial charge < -0.3 is 15.0 Å². The zero-order valence-corrected chi connectivity index (χ0v) is 17.4. The van der Waals surface area contributed by atoms with E-state index in [0.717, 1.165) is 5.56 Å². The predicted molar refractivity (Wildman–Crippen MR) is 113 cm³/mol. The van der Waals surface area contributed by atoms with Gasteiger partial charge in [0.05, 0.1) is 11.6 Å². The highest BCUT2D eigenvalue weighted by Crippen LogP contribution is 2.32. The Morgan fingerprint density at radius 3 is 2.77 bits per heavy atom. The summed E-state index contributed by atoms with van der Waals surface area (Å²) in [6.07, 6.45) is 2.17. The molecule has 2 aromatic heterocycles. The molecule has 1 aliphatic heterocycles. The number of nitrogens with one attached hydrogen (secondary N) is 2. The number of rotatable bonds is 6. The number of benzene rings is 1. The van der Waals surface area contributed by atoms with Crippen LogP contribution in [0.15, 0.2) is 48.7 Å². The number of hydrogen-bond acceptors (Lipinski definition) is 6. The highest BCUT2D eigenvalue weighted by atomic mass is 16.5. The van der Waals surface area contributed by atoms with Crippen LogP contribution in [0, 0.1) is 6.92 Å². The normalized spacial score (nSPS) is 18.2. The zero-order valence-electron chi connectivity index (χ0n) is 17.4. The summed E-state index contributed by atoms with van der Waals surface area (Å²) in [5.74, 6) is 0.766. The Morgan fingerprint density at radius 1 is 1.23 bits per heavy atom. The van der Waals surface area contributed by atoms with Gasteiger partial charge in [0.15, 0.2) is 5.82 Å². The first kappa shape index (κ1) is 20.7. The van der Waals surface area contributed by atoms with Crippen molar-refractivity contribution in [2.75, 3.05) is 20.3 Å². The van der Waals surface area contributed by atoms with E-state index < -0.39 is 0 Å². The largest absolute Gasteiger partial charge is 0.375 e. The smallest absolute Gasteiger partial charge is 0.256 e. The SMILES string of the molecule is COCC(=O)N[C@H]1C[C@@H](c2nc(-c3ccccc3)n[nH]2)N(C(=O)c2cccnc2C)C1. The molecule has 0 aliphatic carbocycles. The maximum absolute atomic E-state index is 13.4. The predicted octanol–water partition coefficient (Wildman–Crippen LogP) is 1.89. The summed E-state index contributed by atoms with van der Waals surface area (Å²) in [5, 5.41) is 10.3. The average molecular weight is 420 g/mol. The molecule has 2 amide bonds. The molecule has 9 nitrogen and oxygen atoms in total. The van der Waals surface area contributed by atoms with Crippen LogP contribution in [0.25, 0.3) is 11.4 Å². The van der Waals surface area contributed by atoms with Gasteiger partial charge in [-0.3, -0.25) is 19.7 Å². The number of methoxy groups -OCH3 is 1. The second-order valence-electron chi connectivity index (χ2n) is 7.45. The number of nitrogens with zero attached hydrogens (tertiary/aromatic N) is 4. The summed E-state index contributed by atoms with van der Waals surface area (Å²) in [6, 6.07) is 12.5. The molecule has 0 radical (unpaired) electrons. The molecule has 160 valence electrons. The van der Waals surface area contributed by atoms with Gasteiger partial charge in [0.25, 0.3) is 5.91 Å². The van der Waals surface area contributed by atoms with E-state index in [1.807, 2.05) is 30.3 Å². The van der Waals surface area contributed by atoms with Crippen molar-refractivity contribution in [3.8, 4) is 11.4 Å². The third kappa shape index (κ3) is 4.46. The first-order valence-electron chi connectivity index (χ1n) is 10.1. The lowest BCUT2D eigenvalue weighted by atomic mass is 10.1. The molecule has 0 saturated carbocycles. The lowest BCUT2D eigenvalue weighted by molar-refractivity contribution is -0.125. The van der Waals surface area contributed by atoms with Crippen molar-refractivity contribution < 1.29 is 14.3 Å². The van der Waals surface area contributed by atoms with Crippen molar-refractivity contribution in [3.05, 3.63) is 65.7 Å². The van der Waals surface area contributed by atoms with Crippen molar-refractivity contribution in [2.24, 2.45) is 0 Å². The zero-order chi connectivity index (χ0) is 21.8. The van der Waals surface area contributed by atoms with Crippen LogP contribution >= 0.6 is 0 Å². The highest BCUT2D eigenvalue weighted by molar-refractivity contribution is 5.95. The molecule has 1 aliphatic rings. The minimum atomic E-state index is -0.357. The van der Waals surface area contributed by atoms with Crippen LogP contribution in [0.4, 0.5) is 0 Å². The third-order valence-electron chi connectivity index (χ3n) is 5.29. The molecule has 31 heavy (non-hydrogen) atoms. The number of ether oxygens (including phenoxy) is 1. The molecule has 0 bridgehead atoms. The second kappa shape index (κ2) is 9.05. The number of likely N-dealkylation sites (tertiary alicyclic amines) is 1. The summed E-state index contributed by atoms with van der Waals surface area (Å²) < 4.78 is 4.91. The lowest BCUT2D eigenvalue weighted by Crippen LogP contribution is -2.40. The first-order chi connectivity index (χ1) is 15.1. The fourth-order valence-corrected chi connectivity index (χ4v) is 3.83. The molecular weight excluding hydrogens is 396 g/mol. The lowest BCUT2D eigenvalue weighted by Gasteiger charge is -2.23. The number of aromatic amines is 1. The molecule has 1 aromatic carbocycles. The van der Waals surface area contributed by atoms with Gasteiger partial charge in [0.2, 0.25) is 5.91 Å². The Kier molecular flexibility index (Phi) is 6.03. The number of carbonyl (C=O) groups is 2. The minimum Gasteiger partial charge on any atom is -0.375 e. The van der Waals surface area contributed by atoms with Gasteiger partial charge in [-0.05, 0) is 25.5 Å². The van der Waals surface area contributed by atoms with Crippen molar-refractivity contribution in [2.45, 2.75) is 25.4 Å². The van der Waals surface area contributed by atoms with E-state index in [-0.39, 0.29) is 30.5 Å². The average Bonchev–Trinajstić information content (AvgIpc) is 3.42. The summed E-state index contributed by atoms with van der Waals surface area (Å²) in [7, 11) is 1.47. The number of aromatic nitrogens is 4. The molecule has 9 heteroatoms. The first-order valence-corrected chi connectivity index (χ1v) is 10.1. The minimum absolute atomic E-state index is 0.0305. The molecule has 3 aromatic rings. The van der Waals surface area contributed by atoms with Crippen molar-refractivity contribution in [3.63, 3.8) is 0 Å². The second-order valence-corrected chi connectivity index (χ2v) is 7.45. The molecule has 2 N–H and O–H groups in total. The van der Waals surface area contributed by atoms with E-state index in [4.69, 9.17) is 4.74 Å². The molecule has 3 heterocycles.